The first-order valence-corrected chi connectivity index (χ1v) is 21.9. The van der Waals surface area contributed by atoms with Gasteiger partial charge < -0.3 is 89.8 Å². The topological polar surface area (TPSA) is 538 Å². The number of ether oxygens (including phenoxy) is 6. The van der Waals surface area contributed by atoms with Crippen LogP contribution in [-0.4, -0.2) is 245 Å². The summed E-state index contributed by atoms with van der Waals surface area (Å²) < 4.78 is 144. The van der Waals surface area contributed by atoms with E-state index in [-0.39, 0.29) is 6.29 Å². The Balaban J connectivity index is 2.14. The maximum absolute atomic E-state index is 12.6. The molecule has 65 heavy (non-hydrogen) atoms. The molecule has 37 heteroatoms. The Labute approximate surface area is 364 Å². The molecule has 2 amide bonds. The van der Waals surface area contributed by atoms with Gasteiger partial charge in [0.25, 0.3) is 0 Å². The van der Waals surface area contributed by atoms with Crippen molar-refractivity contribution in [2.75, 3.05) is 13.2 Å². The van der Waals surface area contributed by atoms with Crippen LogP contribution in [0.3, 0.4) is 0 Å². The zero-order valence-corrected chi connectivity index (χ0v) is 35.2. The van der Waals surface area contributed by atoms with Crippen molar-refractivity contribution >= 4 is 61.2 Å². The summed E-state index contributed by atoms with van der Waals surface area (Å²) in [6, 6.07) is -4.48. The van der Waals surface area contributed by atoms with Crippen LogP contribution in [0.2, 0.25) is 0 Å². The highest BCUT2D eigenvalue weighted by Crippen LogP contribution is 2.36. The average Bonchev–Trinajstić information content (AvgIpc) is 3.17. The molecule has 0 aromatic heterocycles. The third kappa shape index (κ3) is 15.1. The lowest BCUT2D eigenvalue weighted by molar-refractivity contribution is -0.361. The summed E-state index contributed by atoms with van der Waals surface area (Å²) in [6.45, 7) is -1.31. The molecular weight excluding hydrogens is 972 g/mol. The van der Waals surface area contributed by atoms with E-state index in [1.807, 2.05) is 10.6 Å². The van der Waals surface area contributed by atoms with E-state index in [2.05, 4.69) is 12.5 Å². The van der Waals surface area contributed by atoms with Crippen LogP contribution in [0.4, 0.5) is 0 Å². The van der Waals surface area contributed by atoms with Gasteiger partial charge in [0.2, 0.25) is 11.8 Å². The predicted molar refractivity (Wildman–Crippen MR) is 191 cm³/mol. The lowest BCUT2D eigenvalue weighted by Crippen LogP contribution is -2.70. The molecular formula is C28H44N2O32S3. The molecule has 34 nitrogen and oxygen atoms in total. The third-order valence-electron chi connectivity index (χ3n) is 9.10. The van der Waals surface area contributed by atoms with Crippen molar-refractivity contribution in [3.63, 3.8) is 0 Å². The SMILES string of the molecule is CC(=O)N[C@H]1[C@H](O[C@H]2[C@H](O)[C@@H](O)[C@H](O[C@@H]([C@@H](OS(=O)(=O)O)[C@H](O)CO)[C@H](C=O)NC(C)=O)O[C@@H]2C(=O)O)O[C@H](CO)[C@H](OS(=O)(=O)O)[C@@H]1O[C@@H]1O[C@H](C(=O)O)[C@@H](O)[C@H](OS(=O)(=O)O)[C@H]1O. The maximum Gasteiger partial charge on any atom is 0.397 e. The van der Waals surface area contributed by atoms with Gasteiger partial charge in [-0.2, -0.15) is 25.3 Å². The van der Waals surface area contributed by atoms with E-state index in [1.54, 1.807) is 0 Å². The molecule has 3 fully saturated rings. The Morgan fingerprint density at radius 2 is 1.20 bits per heavy atom. The van der Waals surface area contributed by atoms with Gasteiger partial charge in [0.15, 0.2) is 31.1 Å². The Hall–Kier alpha value is -3.36. The summed E-state index contributed by atoms with van der Waals surface area (Å²) in [5.41, 5.74) is 0. The summed E-state index contributed by atoms with van der Waals surface area (Å²) in [5, 5.41) is 97.7. The van der Waals surface area contributed by atoms with Gasteiger partial charge >= 0.3 is 43.1 Å². The second-order valence-corrected chi connectivity index (χ2v) is 17.0. The summed E-state index contributed by atoms with van der Waals surface area (Å²) in [5.74, 6) is -6.52. The number of hydrogen-bond donors (Lipinski definition) is 14. The highest BCUT2D eigenvalue weighted by atomic mass is 32.3. The number of nitrogens with one attached hydrogen (secondary N) is 2. The van der Waals surface area contributed by atoms with Crippen molar-refractivity contribution < 1.29 is 150 Å². The van der Waals surface area contributed by atoms with Gasteiger partial charge in [0.1, 0.15) is 91.6 Å². The van der Waals surface area contributed by atoms with Crippen molar-refractivity contribution in [1.82, 2.24) is 10.6 Å². The van der Waals surface area contributed by atoms with Gasteiger partial charge in [-0.3, -0.25) is 23.2 Å². The van der Waals surface area contributed by atoms with Crippen LogP contribution in [0.1, 0.15) is 13.8 Å². The second-order valence-electron chi connectivity index (χ2n) is 13.8. The number of carboxylic acids is 2. The number of rotatable bonds is 22. The van der Waals surface area contributed by atoms with E-state index in [4.69, 9.17) is 28.4 Å². The first-order valence-electron chi connectivity index (χ1n) is 17.8. The Morgan fingerprint density at radius 1 is 0.662 bits per heavy atom. The number of aliphatic hydroxyl groups excluding tert-OH is 7. The van der Waals surface area contributed by atoms with E-state index in [1.165, 1.54) is 0 Å². The van der Waals surface area contributed by atoms with Crippen LogP contribution in [0.5, 0.6) is 0 Å². The van der Waals surface area contributed by atoms with Crippen molar-refractivity contribution in [2.45, 2.75) is 130 Å². The minimum absolute atomic E-state index is 0.177. The second kappa shape index (κ2) is 22.6. The van der Waals surface area contributed by atoms with E-state index in [9.17, 15) is 109 Å². The molecule has 0 unspecified atom stereocenters. The number of amides is 2. The standard InChI is InChI=1S/C28H44N2O32S3/c1-6(34)29-8(3-31)16(17(9(36)4-32)60-63(45,46)47)55-27-13(38)12(37)21(23(59-27)25(43)44)57-26-11(30-7(2)35)19(18(10(5-33)54-26)61-64(48,49)50)56-28-15(40)20(62-65(51,52)53)14(39)22(58-28)24(41)42/h3,8-23,26-28,32-33,36-40H,4-5H2,1-2H3,(H,29,34)(H,30,35)(H,41,42)(H,43,44)(H,45,46,47)(H,48,49,50)(H,51,52,53)/t8-,9+,10+,11+,12+,13+,14-,15+,16+,17-,18-,19+,20-,21-,22-,23-,26-,27+,28+/m0/s1. The molecule has 0 saturated carbocycles. The Morgan fingerprint density at radius 3 is 1.66 bits per heavy atom. The summed E-state index contributed by atoms with van der Waals surface area (Å²) >= 11 is 0. The zero-order chi connectivity index (χ0) is 49.7. The highest BCUT2D eigenvalue weighted by molar-refractivity contribution is 7.81. The van der Waals surface area contributed by atoms with Gasteiger partial charge in [-0.1, -0.05) is 0 Å². The molecule has 3 heterocycles. The number of hydrogen-bond acceptors (Lipinski definition) is 27. The van der Waals surface area contributed by atoms with Gasteiger partial charge in [-0.15, -0.1) is 0 Å². The van der Waals surface area contributed by atoms with E-state index < -0.39 is 185 Å². The molecule has 19 atom stereocenters. The van der Waals surface area contributed by atoms with Crippen LogP contribution >= 0.6 is 0 Å². The first-order chi connectivity index (χ1) is 29.8. The Bertz CT molecular complexity index is 2020. The molecule has 0 aromatic rings. The average molecular weight is 1020 g/mol. The molecule has 0 aromatic carbocycles. The van der Waals surface area contributed by atoms with E-state index in [0.29, 0.717) is 0 Å². The van der Waals surface area contributed by atoms with Crippen LogP contribution in [0.25, 0.3) is 0 Å². The van der Waals surface area contributed by atoms with Crippen molar-refractivity contribution in [1.29, 1.82) is 0 Å². The fraction of sp³-hybridized carbons (Fsp3) is 0.821. The highest BCUT2D eigenvalue weighted by Gasteiger charge is 2.58. The first kappa shape index (κ1) is 56.0. The van der Waals surface area contributed by atoms with Crippen LogP contribution in [-0.2, 0) is 96.1 Å². The van der Waals surface area contributed by atoms with Crippen molar-refractivity contribution in [3.05, 3.63) is 0 Å². The quantitative estimate of drug-likeness (QED) is 0.0354. The smallest absolute Gasteiger partial charge is 0.397 e. The number of carboxylic acid groups (broad SMARTS) is 2. The minimum Gasteiger partial charge on any atom is -0.479 e. The summed E-state index contributed by atoms with van der Waals surface area (Å²) in [6.07, 6.45) is -44.1. The Kier molecular flexibility index (Phi) is 19.5. The number of carbonyl (C=O) groups excluding carboxylic acids is 3. The monoisotopic (exact) mass is 1020 g/mol. The van der Waals surface area contributed by atoms with Crippen LogP contribution in [0.15, 0.2) is 0 Å². The van der Waals surface area contributed by atoms with Gasteiger partial charge in [-0.25, -0.2) is 22.1 Å². The fourth-order valence-electron chi connectivity index (χ4n) is 6.52. The van der Waals surface area contributed by atoms with Crippen molar-refractivity contribution in [2.24, 2.45) is 0 Å². The number of aliphatic hydroxyl groups is 7. The molecule has 3 aliphatic heterocycles. The van der Waals surface area contributed by atoms with Gasteiger partial charge in [-0.05, 0) is 0 Å². The third-order valence-corrected chi connectivity index (χ3v) is 10.5. The van der Waals surface area contributed by atoms with Crippen molar-refractivity contribution in [3.8, 4) is 0 Å². The number of aldehydes is 1. The molecule has 0 spiro atoms. The fourth-order valence-corrected chi connectivity index (χ4v) is 8.06. The number of aliphatic carboxylic acids is 2. The molecule has 0 radical (unpaired) electrons. The molecule has 0 aliphatic carbocycles. The lowest BCUT2D eigenvalue weighted by Gasteiger charge is -2.49. The zero-order valence-electron chi connectivity index (χ0n) is 32.7. The summed E-state index contributed by atoms with van der Waals surface area (Å²) in [7, 11) is -17.0. The van der Waals surface area contributed by atoms with Crippen LogP contribution in [0, 0.1) is 0 Å². The molecule has 0 bridgehead atoms. The molecule has 14 N–H and O–H groups in total. The predicted octanol–water partition coefficient (Wildman–Crippen LogP) is -9.95. The lowest BCUT2D eigenvalue weighted by atomic mass is 9.94. The van der Waals surface area contributed by atoms with E-state index in [0.717, 1.165) is 13.8 Å². The minimum atomic E-state index is -5.72. The van der Waals surface area contributed by atoms with E-state index >= 15 is 0 Å². The van der Waals surface area contributed by atoms with Gasteiger partial charge in [0.05, 0.1) is 13.2 Å². The maximum atomic E-state index is 12.6. The molecule has 3 aliphatic rings. The molecule has 3 saturated heterocycles. The number of carbonyl (C=O) groups is 5. The largest absolute Gasteiger partial charge is 0.479 e. The van der Waals surface area contributed by atoms with Crippen LogP contribution < -0.4 is 10.6 Å². The normalized spacial score (nSPS) is 35.5. The molecule has 3 rings (SSSR count). The van der Waals surface area contributed by atoms with Gasteiger partial charge in [0, 0.05) is 13.8 Å². The molecule has 376 valence electrons. The summed E-state index contributed by atoms with van der Waals surface area (Å²) in [4.78, 5) is 61.1.